The first-order valence-corrected chi connectivity index (χ1v) is 6.98. The minimum atomic E-state index is -0.250. The summed E-state index contributed by atoms with van der Waals surface area (Å²) in [7, 11) is 0. The van der Waals surface area contributed by atoms with Crippen molar-refractivity contribution in [1.29, 1.82) is 0 Å². The summed E-state index contributed by atoms with van der Waals surface area (Å²) in [6.07, 6.45) is 2.62. The zero-order valence-corrected chi connectivity index (χ0v) is 13.0. The number of anilines is 1. The average molecular weight is 320 g/mol. The highest BCUT2D eigenvalue weighted by Gasteiger charge is 2.11. The number of amides is 1. The van der Waals surface area contributed by atoms with Crippen molar-refractivity contribution in [3.8, 4) is 0 Å². The van der Waals surface area contributed by atoms with Crippen LogP contribution in [0, 0.1) is 13.8 Å². The Hall–Kier alpha value is -2.97. The molecule has 9 nitrogen and oxygen atoms in total. The molecule has 23 heavy (non-hydrogen) atoms. The highest BCUT2D eigenvalue weighted by Crippen LogP contribution is 2.03. The first kappa shape index (κ1) is 18.1. The van der Waals surface area contributed by atoms with Crippen LogP contribution in [0.15, 0.2) is 18.3 Å². The van der Waals surface area contributed by atoms with Crippen LogP contribution in [0.5, 0.6) is 0 Å². The van der Waals surface area contributed by atoms with Crippen LogP contribution >= 0.6 is 0 Å². The Bertz CT molecular complexity index is 611. The zero-order valence-electron chi connectivity index (χ0n) is 13.0. The van der Waals surface area contributed by atoms with Crippen molar-refractivity contribution in [3.05, 3.63) is 35.3 Å². The van der Waals surface area contributed by atoms with Gasteiger partial charge >= 0.3 is 0 Å². The van der Waals surface area contributed by atoms with Crippen LogP contribution in [0.2, 0.25) is 0 Å². The Morgan fingerprint density at radius 3 is 2.61 bits per heavy atom. The summed E-state index contributed by atoms with van der Waals surface area (Å²) in [5.74, 6) is 0.638. The maximum atomic E-state index is 11.7. The maximum Gasteiger partial charge on any atom is 0.290 e. The lowest BCUT2D eigenvalue weighted by molar-refractivity contribution is -0.122. The van der Waals surface area contributed by atoms with Gasteiger partial charge in [-0.25, -0.2) is 4.98 Å². The van der Waals surface area contributed by atoms with Crippen LogP contribution < -0.4 is 10.6 Å². The molecule has 124 valence electrons. The topological polar surface area (TPSA) is 133 Å². The van der Waals surface area contributed by atoms with Gasteiger partial charge in [0.05, 0.1) is 5.69 Å². The lowest BCUT2D eigenvalue weighted by atomic mass is 10.3. The number of aryl methyl sites for hydroxylation is 2. The fraction of sp³-hybridized carbons (Fsp3) is 0.357. The molecule has 0 fully saturated rings. The molecule has 9 heteroatoms. The first-order valence-electron chi connectivity index (χ1n) is 6.98. The maximum absolute atomic E-state index is 11.7. The van der Waals surface area contributed by atoms with Gasteiger partial charge < -0.3 is 15.7 Å². The van der Waals surface area contributed by atoms with Crippen molar-refractivity contribution < 1.29 is 14.7 Å². The minimum absolute atomic E-state index is 0.204. The molecular weight excluding hydrogens is 300 g/mol. The monoisotopic (exact) mass is 320 g/mol. The van der Waals surface area contributed by atoms with Crippen LogP contribution in [0.25, 0.3) is 0 Å². The van der Waals surface area contributed by atoms with Gasteiger partial charge in [0.15, 0.2) is 5.69 Å². The lowest BCUT2D eigenvalue weighted by Crippen LogP contribution is -2.26. The van der Waals surface area contributed by atoms with E-state index in [9.17, 15) is 4.79 Å². The van der Waals surface area contributed by atoms with Crippen molar-refractivity contribution in [2.45, 2.75) is 20.3 Å². The third-order valence-electron chi connectivity index (χ3n) is 2.79. The number of rotatable bonds is 6. The van der Waals surface area contributed by atoms with E-state index in [0.717, 1.165) is 24.3 Å². The van der Waals surface area contributed by atoms with E-state index in [2.05, 4.69) is 31.0 Å². The molecule has 0 radical (unpaired) electrons. The van der Waals surface area contributed by atoms with Gasteiger partial charge in [-0.1, -0.05) is 6.07 Å². The molecule has 0 aliphatic rings. The van der Waals surface area contributed by atoms with Crippen molar-refractivity contribution in [1.82, 2.24) is 25.7 Å². The average Bonchev–Trinajstić information content (AvgIpc) is 2.95. The smallest absolute Gasteiger partial charge is 0.290 e. The minimum Gasteiger partial charge on any atom is -0.483 e. The van der Waals surface area contributed by atoms with E-state index in [1.807, 2.05) is 25.3 Å². The van der Waals surface area contributed by atoms with Gasteiger partial charge in [0.25, 0.3) is 12.4 Å². The molecule has 4 N–H and O–H groups in total. The largest absolute Gasteiger partial charge is 0.483 e. The van der Waals surface area contributed by atoms with Crippen LogP contribution in [0.3, 0.4) is 0 Å². The van der Waals surface area contributed by atoms with E-state index in [1.165, 1.54) is 0 Å². The van der Waals surface area contributed by atoms with Gasteiger partial charge in [0, 0.05) is 19.3 Å². The number of hydrogen-bond acceptors (Lipinski definition) is 6. The van der Waals surface area contributed by atoms with Gasteiger partial charge in [0.2, 0.25) is 0 Å². The van der Waals surface area contributed by atoms with Crippen LogP contribution in [0.4, 0.5) is 5.82 Å². The number of hydrogen-bond donors (Lipinski definition) is 4. The summed E-state index contributed by atoms with van der Waals surface area (Å²) in [5.41, 5.74) is 2.08. The summed E-state index contributed by atoms with van der Waals surface area (Å²) in [5, 5.41) is 22.9. The molecule has 0 bridgehead atoms. The van der Waals surface area contributed by atoms with E-state index in [0.29, 0.717) is 17.9 Å². The molecule has 0 aliphatic heterocycles. The summed E-state index contributed by atoms with van der Waals surface area (Å²) >= 11 is 0. The SMILES string of the molecule is Cc1ccc(NCCCNC(=O)c2n[nH]nc2C)nc1.O=CO. The third kappa shape index (κ3) is 6.55. The second-order valence-electron chi connectivity index (χ2n) is 4.62. The van der Waals surface area contributed by atoms with Crippen molar-refractivity contribution in [3.63, 3.8) is 0 Å². The number of aromatic amines is 1. The van der Waals surface area contributed by atoms with Gasteiger partial charge in [-0.15, -0.1) is 0 Å². The van der Waals surface area contributed by atoms with Crippen LogP contribution in [-0.4, -0.2) is 51.0 Å². The molecule has 2 aromatic rings. The van der Waals surface area contributed by atoms with E-state index < -0.39 is 0 Å². The molecule has 0 saturated carbocycles. The summed E-state index contributed by atoms with van der Waals surface area (Å²) in [4.78, 5) is 24.3. The number of carboxylic acid groups (broad SMARTS) is 1. The van der Waals surface area contributed by atoms with Gasteiger partial charge in [0.1, 0.15) is 5.82 Å². The van der Waals surface area contributed by atoms with E-state index in [1.54, 1.807) is 6.92 Å². The Kier molecular flexibility index (Phi) is 7.76. The lowest BCUT2D eigenvalue weighted by Gasteiger charge is -2.06. The number of nitrogens with one attached hydrogen (secondary N) is 3. The quantitative estimate of drug-likeness (QED) is 0.456. The molecule has 1 amide bonds. The molecule has 2 rings (SSSR count). The first-order chi connectivity index (χ1) is 11.1. The van der Waals surface area contributed by atoms with Crippen molar-refractivity contribution >= 4 is 18.2 Å². The highest BCUT2D eigenvalue weighted by atomic mass is 16.3. The number of carbonyl (C=O) groups excluding carboxylic acids is 1. The van der Waals surface area contributed by atoms with E-state index in [4.69, 9.17) is 9.90 Å². The van der Waals surface area contributed by atoms with Gasteiger partial charge in [-0.3, -0.25) is 9.59 Å². The fourth-order valence-corrected chi connectivity index (χ4v) is 1.66. The standard InChI is InChI=1S/C13H18N6O.CH2O2/c1-9-4-5-11(16-8-9)14-6-3-7-15-13(20)12-10(2)17-19-18-12;2-1-3/h4-5,8H,3,6-7H2,1-2H3,(H,14,16)(H,15,20)(H,17,18,19);1H,(H,2,3). The van der Waals surface area contributed by atoms with E-state index in [-0.39, 0.29) is 12.4 Å². The van der Waals surface area contributed by atoms with Crippen molar-refractivity contribution in [2.75, 3.05) is 18.4 Å². The number of pyridine rings is 1. The molecule has 0 spiro atoms. The third-order valence-corrected chi connectivity index (χ3v) is 2.79. The number of nitrogens with zero attached hydrogens (tertiary/aromatic N) is 3. The molecule has 2 aromatic heterocycles. The number of aromatic nitrogens is 4. The van der Waals surface area contributed by atoms with Crippen LogP contribution in [-0.2, 0) is 4.79 Å². The summed E-state index contributed by atoms with van der Waals surface area (Å²) < 4.78 is 0. The highest BCUT2D eigenvalue weighted by molar-refractivity contribution is 5.93. The molecule has 0 unspecified atom stereocenters. The Labute approximate surface area is 133 Å². The Balaban J connectivity index is 0.000000816. The second kappa shape index (κ2) is 9.87. The van der Waals surface area contributed by atoms with Crippen molar-refractivity contribution in [2.24, 2.45) is 0 Å². The van der Waals surface area contributed by atoms with Crippen LogP contribution in [0.1, 0.15) is 28.2 Å². The Morgan fingerprint density at radius 1 is 1.30 bits per heavy atom. The zero-order chi connectivity index (χ0) is 17.1. The number of carbonyl (C=O) groups is 2. The molecule has 0 aromatic carbocycles. The molecule has 2 heterocycles. The molecule has 0 aliphatic carbocycles. The molecular formula is C14H20N6O3. The predicted octanol–water partition coefficient (Wildman–Crippen LogP) is 0.749. The van der Waals surface area contributed by atoms with Gasteiger partial charge in [-0.05, 0) is 31.9 Å². The van der Waals surface area contributed by atoms with Gasteiger partial charge in [-0.2, -0.15) is 15.4 Å². The Morgan fingerprint density at radius 2 is 2.04 bits per heavy atom. The molecule has 0 atom stereocenters. The second-order valence-corrected chi connectivity index (χ2v) is 4.62. The summed E-state index contributed by atoms with van der Waals surface area (Å²) in [6, 6.07) is 3.94. The summed E-state index contributed by atoms with van der Waals surface area (Å²) in [6.45, 7) is 4.80. The number of H-pyrrole nitrogens is 1. The molecule has 0 saturated heterocycles. The fourth-order valence-electron chi connectivity index (χ4n) is 1.66. The predicted molar refractivity (Wildman–Crippen MR) is 84.2 cm³/mol. The normalized spacial score (nSPS) is 9.48. The van der Waals surface area contributed by atoms with E-state index >= 15 is 0 Å².